The van der Waals surface area contributed by atoms with Crippen molar-refractivity contribution in [2.24, 2.45) is 0 Å². The van der Waals surface area contributed by atoms with E-state index in [0.29, 0.717) is 0 Å². The number of benzene rings is 12. The third kappa shape index (κ3) is 8.03. The summed E-state index contributed by atoms with van der Waals surface area (Å²) in [4.78, 5) is 0. The van der Waals surface area contributed by atoms with Crippen molar-refractivity contribution in [3.8, 4) is 66.8 Å². The molecule has 0 N–H and O–H groups in total. The molecule has 0 spiro atoms. The molecule has 81 heavy (non-hydrogen) atoms. The molecule has 0 radical (unpaired) electrons. The Balaban J connectivity index is 0.908. The van der Waals surface area contributed by atoms with E-state index in [0.717, 1.165) is 19.3 Å². The second-order valence-corrected chi connectivity index (χ2v) is 23.3. The number of aryl methyl sites for hydroxylation is 1. The highest BCUT2D eigenvalue weighted by atomic mass is 14.5. The number of rotatable bonds is 10. The second-order valence-electron chi connectivity index (χ2n) is 23.3. The van der Waals surface area contributed by atoms with Gasteiger partial charge in [0, 0.05) is 17.3 Å². The van der Waals surface area contributed by atoms with Gasteiger partial charge in [0.2, 0.25) is 0 Å². The standard InChI is InChI=1S/C81H62/c1-80(2)76-36-19-17-32-69(76)71-46-38-54(51-78(71)80)50-73(59-41-39-56(40-42-59)55-22-7-3-8-23-55)61-45-48-66-64-31-16-15-26-58(64)43-47-68(75(66)53-61)67-49-44-60(52-74(67)57-24-9-4-10-25-57)65-34-21-35-72-70-33-18-20-37-77(70)81(79(65)72,62-27-11-5-12-28-62)63-29-13-6-14-30-63/h3-42,44-46,48-49,51-53,68,73H,43,47,50H2,1-2H3. The molecule has 0 amide bonds. The lowest BCUT2D eigenvalue weighted by molar-refractivity contribution is 0.658. The van der Waals surface area contributed by atoms with Crippen LogP contribution in [0.15, 0.2) is 291 Å². The van der Waals surface area contributed by atoms with Crippen LogP contribution in [0.2, 0.25) is 0 Å². The van der Waals surface area contributed by atoms with Gasteiger partial charge in [0.05, 0.1) is 5.41 Å². The number of hydrogen-bond acceptors (Lipinski definition) is 0. The molecular formula is C81H62. The Morgan fingerprint density at radius 1 is 0.346 bits per heavy atom. The monoisotopic (exact) mass is 1030 g/mol. The highest BCUT2D eigenvalue weighted by Gasteiger charge is 2.47. The zero-order valence-corrected chi connectivity index (χ0v) is 46.0. The van der Waals surface area contributed by atoms with E-state index < -0.39 is 5.41 Å². The van der Waals surface area contributed by atoms with Gasteiger partial charge in [0.25, 0.3) is 0 Å². The summed E-state index contributed by atoms with van der Waals surface area (Å²) in [6.45, 7) is 4.80. The first-order chi connectivity index (χ1) is 39.9. The lowest BCUT2D eigenvalue weighted by Gasteiger charge is -2.35. The molecule has 3 aliphatic carbocycles. The Kier molecular flexibility index (Phi) is 11.9. The normalized spacial score (nSPS) is 15.3. The van der Waals surface area contributed by atoms with Crippen LogP contribution >= 0.6 is 0 Å². The minimum Gasteiger partial charge on any atom is -0.0622 e. The topological polar surface area (TPSA) is 0 Å². The van der Waals surface area contributed by atoms with Crippen LogP contribution in [-0.2, 0) is 23.7 Å². The molecule has 0 heteroatoms. The van der Waals surface area contributed by atoms with Gasteiger partial charge in [-0.1, -0.05) is 299 Å². The van der Waals surface area contributed by atoms with Gasteiger partial charge >= 0.3 is 0 Å². The van der Waals surface area contributed by atoms with Crippen molar-refractivity contribution >= 4 is 0 Å². The van der Waals surface area contributed by atoms with Gasteiger partial charge in [-0.2, -0.15) is 0 Å². The quantitative estimate of drug-likeness (QED) is 0.128. The van der Waals surface area contributed by atoms with Crippen LogP contribution in [0.4, 0.5) is 0 Å². The fraction of sp³-hybridized carbons (Fsp3) is 0.111. The molecule has 0 nitrogen and oxygen atoms in total. The minimum atomic E-state index is -0.529. The average molecular weight is 1040 g/mol. The van der Waals surface area contributed by atoms with Crippen molar-refractivity contribution in [3.63, 3.8) is 0 Å². The summed E-state index contributed by atoms with van der Waals surface area (Å²) in [6.07, 6.45) is 2.86. The van der Waals surface area contributed by atoms with Crippen molar-refractivity contribution in [2.75, 3.05) is 0 Å². The van der Waals surface area contributed by atoms with Gasteiger partial charge < -0.3 is 0 Å². The first-order valence-electron chi connectivity index (χ1n) is 29.1. The number of hydrogen-bond donors (Lipinski definition) is 0. The molecule has 2 unspecified atom stereocenters. The van der Waals surface area contributed by atoms with Crippen LogP contribution in [0.25, 0.3) is 66.8 Å². The van der Waals surface area contributed by atoms with Crippen LogP contribution in [0.5, 0.6) is 0 Å². The van der Waals surface area contributed by atoms with Crippen molar-refractivity contribution in [1.29, 1.82) is 0 Å². The van der Waals surface area contributed by atoms with Crippen molar-refractivity contribution in [3.05, 3.63) is 358 Å². The third-order valence-electron chi connectivity index (χ3n) is 18.7. The van der Waals surface area contributed by atoms with Crippen LogP contribution in [0.1, 0.15) is 98.9 Å². The van der Waals surface area contributed by atoms with E-state index >= 15 is 0 Å². The summed E-state index contributed by atoms with van der Waals surface area (Å²) in [6, 6.07) is 111. The van der Waals surface area contributed by atoms with Crippen molar-refractivity contribution in [2.45, 2.75) is 55.8 Å². The zero-order chi connectivity index (χ0) is 54.1. The molecule has 0 saturated heterocycles. The minimum absolute atomic E-state index is 0.0794. The molecule has 3 aliphatic rings. The highest BCUT2D eigenvalue weighted by molar-refractivity contribution is 5.93. The Morgan fingerprint density at radius 3 is 1.59 bits per heavy atom. The lowest BCUT2D eigenvalue weighted by atomic mass is 9.66. The molecule has 0 aromatic heterocycles. The summed E-state index contributed by atoms with van der Waals surface area (Å²) in [5, 5.41) is 0. The maximum Gasteiger partial charge on any atom is 0.0719 e. The summed E-state index contributed by atoms with van der Waals surface area (Å²) in [7, 11) is 0. The molecule has 386 valence electrons. The van der Waals surface area contributed by atoms with E-state index in [1.165, 1.54) is 134 Å². The maximum atomic E-state index is 2.63. The number of fused-ring (bicyclic) bond motifs is 9. The molecule has 0 saturated carbocycles. The SMILES string of the molecule is CC1(C)c2ccccc2-c2ccc(CC(c3ccc(-c4ccccc4)cc3)c3ccc4c(c3)C(c3ccc(-c5cccc6c5C(c5ccccc5)(c5ccccc5)c5ccccc5-6)cc3-c3ccccc3)CCc3ccccc3-4)cc21. The van der Waals surface area contributed by atoms with E-state index in [1.807, 2.05) is 0 Å². The molecule has 0 bridgehead atoms. The molecule has 0 aliphatic heterocycles. The van der Waals surface area contributed by atoms with Gasteiger partial charge in [-0.25, -0.2) is 0 Å². The molecular weight excluding hydrogens is 973 g/mol. The molecule has 0 fully saturated rings. The molecule has 0 heterocycles. The predicted molar refractivity (Wildman–Crippen MR) is 338 cm³/mol. The first kappa shape index (κ1) is 48.7. The zero-order valence-electron chi connectivity index (χ0n) is 46.0. The summed E-state index contributed by atoms with van der Waals surface area (Å²) in [5.41, 5.74) is 31.2. The van der Waals surface area contributed by atoms with Crippen LogP contribution in [0, 0.1) is 0 Å². The average Bonchev–Trinajstić information content (AvgIpc) is 3.00. The smallest absolute Gasteiger partial charge is 0.0622 e. The van der Waals surface area contributed by atoms with Gasteiger partial charge in [0.15, 0.2) is 0 Å². The Hall–Kier alpha value is -9.36. The molecule has 15 rings (SSSR count). The third-order valence-corrected chi connectivity index (χ3v) is 18.7. The Bertz CT molecular complexity index is 4280. The van der Waals surface area contributed by atoms with Gasteiger partial charge in [-0.05, 0) is 159 Å². The van der Waals surface area contributed by atoms with E-state index in [1.54, 1.807) is 0 Å². The summed E-state index contributed by atoms with van der Waals surface area (Å²) >= 11 is 0. The Labute approximate surface area is 477 Å². The molecule has 12 aromatic rings. The largest absolute Gasteiger partial charge is 0.0719 e. The van der Waals surface area contributed by atoms with Crippen LogP contribution in [0.3, 0.4) is 0 Å². The van der Waals surface area contributed by atoms with Crippen molar-refractivity contribution in [1.82, 2.24) is 0 Å². The maximum absolute atomic E-state index is 2.63. The lowest BCUT2D eigenvalue weighted by Crippen LogP contribution is -2.29. The van der Waals surface area contributed by atoms with Crippen LogP contribution in [-0.4, -0.2) is 0 Å². The fourth-order valence-electron chi connectivity index (χ4n) is 14.8. The van der Waals surface area contributed by atoms with E-state index in [-0.39, 0.29) is 17.3 Å². The predicted octanol–water partition coefficient (Wildman–Crippen LogP) is 20.5. The van der Waals surface area contributed by atoms with Gasteiger partial charge in [0.1, 0.15) is 0 Å². The second kappa shape index (κ2) is 19.8. The Morgan fingerprint density at radius 2 is 0.877 bits per heavy atom. The van der Waals surface area contributed by atoms with Gasteiger partial charge in [-0.3, -0.25) is 0 Å². The molecule has 12 aromatic carbocycles. The fourth-order valence-corrected chi connectivity index (χ4v) is 14.8. The van der Waals surface area contributed by atoms with E-state index in [4.69, 9.17) is 0 Å². The van der Waals surface area contributed by atoms with Crippen LogP contribution < -0.4 is 0 Å². The van der Waals surface area contributed by atoms with E-state index in [2.05, 4.69) is 305 Å². The summed E-state index contributed by atoms with van der Waals surface area (Å²) in [5.74, 6) is 0.231. The molecule has 2 atom stereocenters. The van der Waals surface area contributed by atoms with Crippen molar-refractivity contribution < 1.29 is 0 Å². The highest BCUT2D eigenvalue weighted by Crippen LogP contribution is 2.59. The summed E-state index contributed by atoms with van der Waals surface area (Å²) < 4.78 is 0. The van der Waals surface area contributed by atoms with E-state index in [9.17, 15) is 0 Å². The first-order valence-corrected chi connectivity index (χ1v) is 29.1. The van der Waals surface area contributed by atoms with Gasteiger partial charge in [-0.15, -0.1) is 0 Å².